The Labute approximate surface area is 286 Å². The Morgan fingerprint density at radius 3 is 2.51 bits per heavy atom. The van der Waals surface area contributed by atoms with Gasteiger partial charge in [0.1, 0.15) is 18.0 Å². The van der Waals surface area contributed by atoms with Crippen LogP contribution >= 0.6 is 0 Å². The third kappa shape index (κ3) is 6.80. The van der Waals surface area contributed by atoms with Crippen LogP contribution in [0.3, 0.4) is 0 Å². The van der Waals surface area contributed by atoms with Gasteiger partial charge >= 0.3 is 0 Å². The molecule has 2 atom stereocenters. The third-order valence-corrected chi connectivity index (χ3v) is 9.71. The summed E-state index contributed by atoms with van der Waals surface area (Å²) in [4.78, 5) is 46.0. The van der Waals surface area contributed by atoms with Crippen molar-refractivity contribution in [1.29, 1.82) is 0 Å². The quantitative estimate of drug-likeness (QED) is 0.193. The number of hydrogen-bond acceptors (Lipinski definition) is 6. The molecule has 10 heteroatoms. The van der Waals surface area contributed by atoms with E-state index in [1.54, 1.807) is 50.2 Å². The summed E-state index contributed by atoms with van der Waals surface area (Å²) in [5, 5.41) is 19.3. The first-order valence-electron chi connectivity index (χ1n) is 16.9. The van der Waals surface area contributed by atoms with E-state index >= 15 is 0 Å². The van der Waals surface area contributed by atoms with E-state index in [2.05, 4.69) is 18.7 Å². The number of carbonyl (C=O) groups excluding carboxylic acids is 3. The van der Waals surface area contributed by atoms with Crippen LogP contribution in [0.5, 0.6) is 5.75 Å². The van der Waals surface area contributed by atoms with Gasteiger partial charge in [0.25, 0.3) is 0 Å². The Bertz CT molecular complexity index is 1920. The Kier molecular flexibility index (Phi) is 8.93. The van der Waals surface area contributed by atoms with Crippen molar-refractivity contribution in [2.24, 2.45) is 5.92 Å². The van der Waals surface area contributed by atoms with E-state index < -0.39 is 12.2 Å². The van der Waals surface area contributed by atoms with Crippen LogP contribution in [0.25, 0.3) is 10.9 Å². The molecule has 1 aliphatic carbocycles. The zero-order valence-corrected chi connectivity index (χ0v) is 27.4. The van der Waals surface area contributed by atoms with Crippen LogP contribution in [0, 0.1) is 18.3 Å². The summed E-state index contributed by atoms with van der Waals surface area (Å²) in [5.41, 5.74) is 4.31. The van der Waals surface area contributed by atoms with Gasteiger partial charge in [-0.2, -0.15) is 5.10 Å². The van der Waals surface area contributed by atoms with Gasteiger partial charge in [0, 0.05) is 49.6 Å². The third-order valence-electron chi connectivity index (χ3n) is 9.71. The molecule has 7 rings (SSSR count). The topological polar surface area (TPSA) is 102 Å². The minimum Gasteiger partial charge on any atom is -0.508 e. The maximum absolute atomic E-state index is 14.5. The van der Waals surface area contributed by atoms with Crippen LogP contribution in [0.2, 0.25) is 0 Å². The molecule has 0 spiro atoms. The van der Waals surface area contributed by atoms with E-state index in [1.807, 2.05) is 47.1 Å². The minimum atomic E-state index is -0.847. The zero-order chi connectivity index (χ0) is 34.1. The molecule has 1 saturated carbocycles. The Balaban J connectivity index is 1.22. The van der Waals surface area contributed by atoms with Gasteiger partial charge in [-0.1, -0.05) is 54.5 Å². The number of rotatable bonds is 11. The van der Waals surface area contributed by atoms with Gasteiger partial charge < -0.3 is 14.9 Å². The van der Waals surface area contributed by atoms with Crippen LogP contribution in [0.15, 0.2) is 85.6 Å². The lowest BCUT2D eigenvalue weighted by Gasteiger charge is -2.55. The molecule has 2 saturated heterocycles. The van der Waals surface area contributed by atoms with Crippen molar-refractivity contribution in [3.8, 4) is 18.1 Å². The number of carbonyl (C=O) groups is 3. The number of aryl methyl sites for hydroxylation is 1. The van der Waals surface area contributed by atoms with Crippen LogP contribution < -0.4 is 0 Å². The minimum absolute atomic E-state index is 0.0534. The molecule has 0 radical (unpaired) electrons. The Morgan fingerprint density at radius 1 is 1.04 bits per heavy atom. The summed E-state index contributed by atoms with van der Waals surface area (Å²) in [5.74, 6) is 2.84. The lowest BCUT2D eigenvalue weighted by atomic mass is 9.97. The molecule has 49 heavy (non-hydrogen) atoms. The van der Waals surface area contributed by atoms with Crippen molar-refractivity contribution >= 4 is 28.6 Å². The number of aromatic hydroxyl groups is 1. The molecule has 1 N–H and O–H groups in total. The second kappa shape index (κ2) is 13.6. The highest BCUT2D eigenvalue weighted by Crippen LogP contribution is 2.33. The van der Waals surface area contributed by atoms with E-state index in [4.69, 9.17) is 11.5 Å². The van der Waals surface area contributed by atoms with Gasteiger partial charge in [0.05, 0.1) is 18.6 Å². The molecule has 1 aromatic heterocycles. The van der Waals surface area contributed by atoms with Gasteiger partial charge in [0.15, 0.2) is 0 Å². The van der Waals surface area contributed by atoms with Crippen LogP contribution in [-0.2, 0) is 40.3 Å². The summed E-state index contributed by atoms with van der Waals surface area (Å²) in [6, 6.07) is 19.4. The largest absolute Gasteiger partial charge is 0.508 e. The van der Waals surface area contributed by atoms with Crippen LogP contribution in [0.1, 0.15) is 41.5 Å². The number of benzene rings is 3. The lowest BCUT2D eigenvalue weighted by molar-refractivity contribution is -0.205. The van der Waals surface area contributed by atoms with Crippen molar-refractivity contribution in [2.75, 3.05) is 19.6 Å². The first kappa shape index (κ1) is 32.2. The fourth-order valence-electron chi connectivity index (χ4n) is 7.04. The zero-order valence-electron chi connectivity index (χ0n) is 27.4. The molecule has 3 fully saturated rings. The monoisotopic (exact) mass is 656 g/mol. The summed E-state index contributed by atoms with van der Waals surface area (Å²) in [6.07, 6.45) is 11.9. The van der Waals surface area contributed by atoms with Crippen molar-refractivity contribution in [3.63, 3.8) is 0 Å². The summed E-state index contributed by atoms with van der Waals surface area (Å²) in [6.45, 7) is 5.44. The number of hydrazine groups is 1. The fraction of sp³-hybridized carbons (Fsp3) is 0.333. The molecule has 3 aromatic carbocycles. The molecule has 3 amide bonds. The highest BCUT2D eigenvalue weighted by Gasteiger charge is 2.51. The molecule has 4 aromatic rings. The lowest BCUT2D eigenvalue weighted by Crippen LogP contribution is -2.75. The molecule has 250 valence electrons. The van der Waals surface area contributed by atoms with Crippen molar-refractivity contribution < 1.29 is 19.5 Å². The maximum atomic E-state index is 14.5. The Hall–Kier alpha value is -5.40. The summed E-state index contributed by atoms with van der Waals surface area (Å²) < 4.78 is 2.01. The molecular formula is C39H40N6O4. The molecular weight excluding hydrogens is 616 g/mol. The van der Waals surface area contributed by atoms with E-state index in [1.165, 1.54) is 12.8 Å². The summed E-state index contributed by atoms with van der Waals surface area (Å²) in [7, 11) is 0. The SMILES string of the molecule is C#Cc1ccc(CCC(=O)N2[C@H]3CN(Cc4cccc5cn(CC6CC6)nc45)C(=O)[C@H](Cc4ccc(O)cc4)N3C(=O)CN2CC=C)cc1. The van der Waals surface area contributed by atoms with Gasteiger partial charge in [0.2, 0.25) is 17.7 Å². The van der Waals surface area contributed by atoms with E-state index in [0.717, 1.165) is 39.7 Å². The number of nitrogens with zero attached hydrogens (tertiary/aromatic N) is 6. The van der Waals surface area contributed by atoms with Crippen molar-refractivity contribution in [2.45, 2.75) is 57.4 Å². The second-order valence-corrected chi connectivity index (χ2v) is 13.3. The van der Waals surface area contributed by atoms with E-state index in [-0.39, 0.29) is 55.9 Å². The predicted octanol–water partition coefficient (Wildman–Crippen LogP) is 4.12. The van der Waals surface area contributed by atoms with E-state index in [9.17, 15) is 19.5 Å². The first-order valence-corrected chi connectivity index (χ1v) is 16.9. The number of aromatic nitrogens is 2. The number of fused-ring (bicyclic) bond motifs is 2. The highest BCUT2D eigenvalue weighted by molar-refractivity contribution is 5.92. The molecule has 2 aliphatic heterocycles. The van der Waals surface area contributed by atoms with Crippen LogP contribution in [0.4, 0.5) is 0 Å². The molecule has 3 heterocycles. The number of phenols is 1. The van der Waals surface area contributed by atoms with Gasteiger partial charge in [-0.25, -0.2) is 10.0 Å². The summed E-state index contributed by atoms with van der Waals surface area (Å²) >= 11 is 0. The standard InChI is InChI=1S/C39H40N6O4/c1-3-20-43-26-37(48)44-34(21-29-14-17-33(46)18-15-29)39(49)41(23-31-6-5-7-32-24-42(40-38(31)32)22-30-12-13-30)25-35(44)45(43)36(47)19-16-28-10-8-27(4-2)9-11-28/h2-3,5-11,14-15,17-18,24,30,34-35,46H,1,12-13,16,19-23,25-26H2/t34-,35-/m0/s1. The Morgan fingerprint density at radius 2 is 1.80 bits per heavy atom. The van der Waals surface area contributed by atoms with Crippen molar-refractivity contribution in [3.05, 3.63) is 108 Å². The fourth-order valence-corrected chi connectivity index (χ4v) is 7.04. The molecule has 0 bridgehead atoms. The first-order chi connectivity index (χ1) is 23.8. The average molecular weight is 657 g/mol. The predicted molar refractivity (Wildman–Crippen MR) is 185 cm³/mol. The number of piperazine rings is 1. The molecule has 0 unspecified atom stereocenters. The van der Waals surface area contributed by atoms with Gasteiger partial charge in [-0.15, -0.1) is 13.0 Å². The highest BCUT2D eigenvalue weighted by atomic mass is 16.3. The van der Waals surface area contributed by atoms with E-state index in [0.29, 0.717) is 18.9 Å². The smallest absolute Gasteiger partial charge is 0.246 e. The number of hydrogen-bond donors (Lipinski definition) is 1. The van der Waals surface area contributed by atoms with Crippen LogP contribution in [-0.4, -0.2) is 84.3 Å². The number of phenolic OH excluding ortho intramolecular Hbond substituents is 1. The molecule has 10 nitrogen and oxygen atoms in total. The second-order valence-electron chi connectivity index (χ2n) is 13.3. The maximum Gasteiger partial charge on any atom is 0.246 e. The average Bonchev–Trinajstić information content (AvgIpc) is 3.82. The number of amides is 3. The van der Waals surface area contributed by atoms with Crippen molar-refractivity contribution in [1.82, 2.24) is 29.6 Å². The van der Waals surface area contributed by atoms with Gasteiger partial charge in [-0.05, 0) is 66.1 Å². The molecule has 3 aliphatic rings. The number of terminal acetylenes is 1. The van der Waals surface area contributed by atoms with Gasteiger partial charge in [-0.3, -0.25) is 19.1 Å². The normalized spacial score (nSPS) is 19.6.